The van der Waals surface area contributed by atoms with E-state index in [-0.39, 0.29) is 11.9 Å². The quantitative estimate of drug-likeness (QED) is 0.855. The molecule has 1 saturated heterocycles. The minimum Gasteiger partial charge on any atom is -0.378 e. The third-order valence-corrected chi connectivity index (χ3v) is 4.30. The van der Waals surface area contributed by atoms with E-state index in [0.29, 0.717) is 16.7 Å². The van der Waals surface area contributed by atoms with Gasteiger partial charge in [-0.3, -0.25) is 4.79 Å². The molecule has 1 amide bonds. The van der Waals surface area contributed by atoms with Gasteiger partial charge in [0.15, 0.2) is 0 Å². The number of carbonyl (C=O) groups is 1. The van der Waals surface area contributed by atoms with Gasteiger partial charge in [0.25, 0.3) is 5.91 Å². The summed E-state index contributed by atoms with van der Waals surface area (Å²) in [5.41, 5.74) is 0.513. The lowest BCUT2D eigenvalue weighted by Gasteiger charge is -2.16. The number of rotatable bonds is 5. The summed E-state index contributed by atoms with van der Waals surface area (Å²) in [5, 5.41) is 3.45. The lowest BCUT2D eigenvalue weighted by atomic mass is 10.1. The third-order valence-electron chi connectivity index (χ3n) is 3.50. The molecule has 20 heavy (non-hydrogen) atoms. The molecule has 1 aliphatic rings. The SMILES string of the molecule is CC(CCC1CCCO1)NC(=O)c1ccc(Br)cc1Cl. The number of nitrogens with one attached hydrogen (secondary N) is 1. The number of halogens is 2. The minimum absolute atomic E-state index is 0.117. The van der Waals surface area contributed by atoms with Gasteiger partial charge in [-0.05, 0) is 50.8 Å². The fourth-order valence-corrected chi connectivity index (χ4v) is 3.11. The van der Waals surface area contributed by atoms with E-state index in [1.165, 1.54) is 0 Å². The van der Waals surface area contributed by atoms with Crippen molar-refractivity contribution in [3.8, 4) is 0 Å². The Balaban J connectivity index is 1.83. The summed E-state index contributed by atoms with van der Waals surface area (Å²) in [4.78, 5) is 12.1. The number of hydrogen-bond donors (Lipinski definition) is 1. The van der Waals surface area contributed by atoms with Crippen molar-refractivity contribution < 1.29 is 9.53 Å². The maximum atomic E-state index is 12.1. The van der Waals surface area contributed by atoms with Crippen LogP contribution in [0.1, 0.15) is 43.0 Å². The van der Waals surface area contributed by atoms with Gasteiger partial charge in [-0.1, -0.05) is 27.5 Å². The molecule has 2 rings (SSSR count). The number of carbonyl (C=O) groups excluding carboxylic acids is 1. The summed E-state index contributed by atoms with van der Waals surface area (Å²) in [6.07, 6.45) is 4.57. The van der Waals surface area contributed by atoms with Crippen LogP contribution in [0.15, 0.2) is 22.7 Å². The predicted octanol–water partition coefficient (Wildman–Crippen LogP) is 4.18. The summed E-state index contributed by atoms with van der Waals surface area (Å²) >= 11 is 9.41. The monoisotopic (exact) mass is 359 g/mol. The van der Waals surface area contributed by atoms with Crippen molar-refractivity contribution in [1.82, 2.24) is 5.32 Å². The van der Waals surface area contributed by atoms with Crippen molar-refractivity contribution in [2.24, 2.45) is 0 Å². The highest BCUT2D eigenvalue weighted by atomic mass is 79.9. The van der Waals surface area contributed by atoms with Crippen LogP contribution < -0.4 is 5.32 Å². The van der Waals surface area contributed by atoms with E-state index in [9.17, 15) is 4.79 Å². The Kier molecular flexibility index (Phi) is 5.87. The van der Waals surface area contributed by atoms with Crippen LogP contribution >= 0.6 is 27.5 Å². The van der Waals surface area contributed by atoms with E-state index in [0.717, 1.165) is 36.8 Å². The number of hydrogen-bond acceptors (Lipinski definition) is 2. The third kappa shape index (κ3) is 4.47. The molecule has 0 radical (unpaired) electrons. The second kappa shape index (κ2) is 7.43. The summed E-state index contributed by atoms with van der Waals surface area (Å²) in [6.45, 7) is 2.89. The first-order valence-corrected chi connectivity index (χ1v) is 8.11. The fourth-order valence-electron chi connectivity index (χ4n) is 2.36. The first-order chi connectivity index (χ1) is 9.56. The highest BCUT2D eigenvalue weighted by molar-refractivity contribution is 9.10. The zero-order chi connectivity index (χ0) is 14.5. The number of ether oxygens (including phenoxy) is 1. The molecule has 2 unspecified atom stereocenters. The van der Waals surface area contributed by atoms with Gasteiger partial charge < -0.3 is 10.1 Å². The Morgan fingerprint density at radius 3 is 3.05 bits per heavy atom. The van der Waals surface area contributed by atoms with E-state index < -0.39 is 0 Å². The highest BCUT2D eigenvalue weighted by Gasteiger charge is 2.18. The Labute approximate surface area is 133 Å². The van der Waals surface area contributed by atoms with Crippen LogP contribution in [0.3, 0.4) is 0 Å². The molecule has 0 saturated carbocycles. The molecule has 0 aromatic heterocycles. The zero-order valence-electron chi connectivity index (χ0n) is 11.5. The topological polar surface area (TPSA) is 38.3 Å². The molecule has 1 fully saturated rings. The second-order valence-electron chi connectivity index (χ2n) is 5.21. The largest absolute Gasteiger partial charge is 0.378 e. The number of amides is 1. The first-order valence-electron chi connectivity index (χ1n) is 6.94. The maximum absolute atomic E-state index is 12.1. The molecule has 1 heterocycles. The molecule has 0 spiro atoms. The second-order valence-corrected chi connectivity index (χ2v) is 6.53. The fraction of sp³-hybridized carbons (Fsp3) is 0.533. The van der Waals surface area contributed by atoms with Gasteiger partial charge in [0.1, 0.15) is 0 Å². The van der Waals surface area contributed by atoms with Gasteiger partial charge in [-0.2, -0.15) is 0 Å². The van der Waals surface area contributed by atoms with Crippen molar-refractivity contribution >= 4 is 33.4 Å². The molecular formula is C15H19BrClNO2. The Morgan fingerprint density at radius 1 is 1.60 bits per heavy atom. The lowest BCUT2D eigenvalue weighted by molar-refractivity contribution is 0.0899. The van der Waals surface area contributed by atoms with Crippen molar-refractivity contribution in [3.63, 3.8) is 0 Å². The van der Waals surface area contributed by atoms with Gasteiger partial charge in [-0.25, -0.2) is 0 Å². The van der Waals surface area contributed by atoms with Crippen LogP contribution in [-0.4, -0.2) is 24.7 Å². The van der Waals surface area contributed by atoms with Gasteiger partial charge >= 0.3 is 0 Å². The average molecular weight is 361 g/mol. The smallest absolute Gasteiger partial charge is 0.252 e. The van der Waals surface area contributed by atoms with Crippen LogP contribution in [0.4, 0.5) is 0 Å². The average Bonchev–Trinajstić information content (AvgIpc) is 2.89. The summed E-state index contributed by atoms with van der Waals surface area (Å²) in [6, 6.07) is 5.39. The van der Waals surface area contributed by atoms with Gasteiger partial charge in [0.05, 0.1) is 16.7 Å². The van der Waals surface area contributed by atoms with Crippen LogP contribution in [-0.2, 0) is 4.74 Å². The van der Waals surface area contributed by atoms with Crippen LogP contribution in [0.25, 0.3) is 0 Å². The molecule has 1 aliphatic heterocycles. The molecule has 0 aliphatic carbocycles. The standard InChI is InChI=1S/C15H19BrClNO2/c1-10(4-6-12-3-2-8-20-12)18-15(19)13-7-5-11(16)9-14(13)17/h5,7,9-10,12H,2-4,6,8H2,1H3,(H,18,19). The molecule has 0 bridgehead atoms. The normalized spacial score (nSPS) is 19.9. The zero-order valence-corrected chi connectivity index (χ0v) is 13.8. The van der Waals surface area contributed by atoms with Crippen molar-refractivity contribution in [1.29, 1.82) is 0 Å². The summed E-state index contributed by atoms with van der Waals surface area (Å²) < 4.78 is 6.45. The van der Waals surface area contributed by atoms with E-state index >= 15 is 0 Å². The van der Waals surface area contributed by atoms with E-state index in [4.69, 9.17) is 16.3 Å². The molecule has 1 aromatic rings. The Morgan fingerprint density at radius 2 is 2.40 bits per heavy atom. The van der Waals surface area contributed by atoms with Crippen molar-refractivity contribution in [2.45, 2.75) is 44.8 Å². The van der Waals surface area contributed by atoms with Crippen molar-refractivity contribution in [3.05, 3.63) is 33.3 Å². The molecule has 5 heteroatoms. The molecule has 1 N–H and O–H groups in total. The van der Waals surface area contributed by atoms with Gasteiger partial charge in [0.2, 0.25) is 0 Å². The van der Waals surface area contributed by atoms with E-state index in [2.05, 4.69) is 21.2 Å². The van der Waals surface area contributed by atoms with Crippen LogP contribution in [0.2, 0.25) is 5.02 Å². The predicted molar refractivity (Wildman–Crippen MR) is 84.3 cm³/mol. The Hall–Kier alpha value is -0.580. The van der Waals surface area contributed by atoms with Crippen LogP contribution in [0.5, 0.6) is 0 Å². The summed E-state index contributed by atoms with van der Waals surface area (Å²) in [7, 11) is 0. The minimum atomic E-state index is -0.123. The maximum Gasteiger partial charge on any atom is 0.252 e. The molecule has 3 nitrogen and oxygen atoms in total. The van der Waals surface area contributed by atoms with Gasteiger partial charge in [0, 0.05) is 17.1 Å². The first kappa shape index (κ1) is 15.8. The van der Waals surface area contributed by atoms with Crippen LogP contribution in [0, 0.1) is 0 Å². The molecule has 110 valence electrons. The number of benzene rings is 1. The molecule has 2 atom stereocenters. The van der Waals surface area contributed by atoms with Crippen molar-refractivity contribution in [2.75, 3.05) is 6.61 Å². The summed E-state index contributed by atoms with van der Waals surface area (Å²) in [5.74, 6) is -0.123. The van der Waals surface area contributed by atoms with Gasteiger partial charge in [-0.15, -0.1) is 0 Å². The van der Waals surface area contributed by atoms with E-state index in [1.54, 1.807) is 12.1 Å². The lowest BCUT2D eigenvalue weighted by Crippen LogP contribution is -2.33. The Bertz CT molecular complexity index is 475. The van der Waals surface area contributed by atoms with E-state index in [1.807, 2.05) is 13.0 Å². The highest BCUT2D eigenvalue weighted by Crippen LogP contribution is 2.22. The molecular weight excluding hydrogens is 342 g/mol. The molecule has 1 aromatic carbocycles.